The summed E-state index contributed by atoms with van der Waals surface area (Å²) in [6.07, 6.45) is 4.98. The maximum atomic E-state index is 9.60. The summed E-state index contributed by atoms with van der Waals surface area (Å²) in [6, 6.07) is 0.478. The highest BCUT2D eigenvalue weighted by atomic mass is 16.3. The number of nitrogens with one attached hydrogen (secondary N) is 1. The van der Waals surface area contributed by atoms with Crippen LogP contribution < -0.4 is 11.1 Å². The topological polar surface area (TPSA) is 61.5 Å². The van der Waals surface area contributed by atoms with Crippen LogP contribution in [0.3, 0.4) is 0 Å². The van der Waals surface area contributed by atoms with Gasteiger partial charge in [-0.05, 0) is 25.7 Å². The van der Waals surface area contributed by atoms with Crippen LogP contribution in [0.1, 0.15) is 32.6 Å². The first kappa shape index (κ1) is 11.3. The number of piperazine rings is 1. The van der Waals surface area contributed by atoms with Gasteiger partial charge in [-0.25, -0.2) is 0 Å². The minimum absolute atomic E-state index is 0.0129. The van der Waals surface area contributed by atoms with E-state index >= 15 is 0 Å². The van der Waals surface area contributed by atoms with Crippen LogP contribution in [-0.2, 0) is 0 Å². The Kier molecular flexibility index (Phi) is 3.61. The molecule has 88 valence electrons. The largest absolute Gasteiger partial charge is 0.379 e. The van der Waals surface area contributed by atoms with Crippen LogP contribution in [0, 0.1) is 5.92 Å². The standard InChI is InChI=1S/C11H23N3O/c1-8(15)14-6-10(13-11(12)7-14)9-4-2-3-5-9/h8-11,13,15H,2-7,12H2,1H3. The second kappa shape index (κ2) is 4.78. The molecule has 2 rings (SSSR count). The highest BCUT2D eigenvalue weighted by Crippen LogP contribution is 2.29. The third-order valence-corrected chi connectivity index (χ3v) is 3.79. The third-order valence-electron chi connectivity index (χ3n) is 3.79. The van der Waals surface area contributed by atoms with Crippen molar-refractivity contribution in [2.75, 3.05) is 13.1 Å². The average molecular weight is 213 g/mol. The molecule has 4 N–H and O–H groups in total. The normalized spacial score (nSPS) is 37.0. The van der Waals surface area contributed by atoms with Crippen molar-refractivity contribution in [2.24, 2.45) is 11.7 Å². The van der Waals surface area contributed by atoms with Gasteiger partial charge in [-0.3, -0.25) is 10.2 Å². The summed E-state index contributed by atoms with van der Waals surface area (Å²) in [6.45, 7) is 3.51. The molecule has 3 atom stereocenters. The lowest BCUT2D eigenvalue weighted by Crippen LogP contribution is -2.63. The average Bonchev–Trinajstić information content (AvgIpc) is 2.69. The lowest BCUT2D eigenvalue weighted by molar-refractivity contribution is -0.0179. The van der Waals surface area contributed by atoms with Crippen LogP contribution in [0.15, 0.2) is 0 Å². The zero-order valence-corrected chi connectivity index (χ0v) is 9.52. The molecule has 1 heterocycles. The van der Waals surface area contributed by atoms with E-state index in [0.29, 0.717) is 6.04 Å². The minimum Gasteiger partial charge on any atom is -0.379 e. The second-order valence-electron chi connectivity index (χ2n) is 5.01. The van der Waals surface area contributed by atoms with Crippen LogP contribution in [0.25, 0.3) is 0 Å². The molecule has 0 aromatic carbocycles. The summed E-state index contributed by atoms with van der Waals surface area (Å²) < 4.78 is 0. The Morgan fingerprint density at radius 3 is 2.60 bits per heavy atom. The molecule has 1 saturated heterocycles. The van der Waals surface area contributed by atoms with E-state index in [1.165, 1.54) is 25.7 Å². The zero-order valence-electron chi connectivity index (χ0n) is 9.52. The van der Waals surface area contributed by atoms with E-state index in [4.69, 9.17) is 5.73 Å². The van der Waals surface area contributed by atoms with E-state index in [9.17, 15) is 5.11 Å². The van der Waals surface area contributed by atoms with E-state index in [0.717, 1.165) is 19.0 Å². The summed E-state index contributed by atoms with van der Waals surface area (Å²) in [5, 5.41) is 13.1. The number of nitrogens with two attached hydrogens (primary N) is 1. The van der Waals surface area contributed by atoms with Gasteiger partial charge in [-0.2, -0.15) is 0 Å². The molecule has 0 spiro atoms. The Morgan fingerprint density at radius 1 is 1.33 bits per heavy atom. The van der Waals surface area contributed by atoms with Gasteiger partial charge in [0.05, 0.1) is 6.17 Å². The van der Waals surface area contributed by atoms with Gasteiger partial charge >= 0.3 is 0 Å². The van der Waals surface area contributed by atoms with E-state index < -0.39 is 0 Å². The van der Waals surface area contributed by atoms with Crippen molar-refractivity contribution in [1.82, 2.24) is 10.2 Å². The number of hydrogen-bond acceptors (Lipinski definition) is 4. The van der Waals surface area contributed by atoms with Crippen LogP contribution in [0.4, 0.5) is 0 Å². The number of aliphatic hydroxyl groups is 1. The first-order valence-electron chi connectivity index (χ1n) is 6.10. The Hall–Kier alpha value is -0.160. The summed E-state index contributed by atoms with van der Waals surface area (Å²) >= 11 is 0. The SMILES string of the molecule is CC(O)N1CC(N)NC(C2CCCC2)C1. The summed E-state index contributed by atoms with van der Waals surface area (Å²) in [5.41, 5.74) is 5.96. The quantitative estimate of drug-likeness (QED) is 0.607. The fourth-order valence-electron chi connectivity index (χ4n) is 2.91. The van der Waals surface area contributed by atoms with Crippen molar-refractivity contribution in [3.63, 3.8) is 0 Å². The van der Waals surface area contributed by atoms with Crippen molar-refractivity contribution in [3.05, 3.63) is 0 Å². The van der Waals surface area contributed by atoms with Gasteiger partial charge in [0.15, 0.2) is 0 Å². The smallest absolute Gasteiger partial charge is 0.104 e. The molecule has 4 heteroatoms. The number of aliphatic hydroxyl groups excluding tert-OH is 1. The van der Waals surface area contributed by atoms with Crippen molar-refractivity contribution in [2.45, 2.75) is 51.0 Å². The van der Waals surface area contributed by atoms with Crippen molar-refractivity contribution in [1.29, 1.82) is 0 Å². The van der Waals surface area contributed by atoms with Crippen LogP contribution in [0.2, 0.25) is 0 Å². The Labute approximate surface area is 91.8 Å². The number of nitrogens with zero attached hydrogens (tertiary/aromatic N) is 1. The molecule has 15 heavy (non-hydrogen) atoms. The van der Waals surface area contributed by atoms with E-state index in [-0.39, 0.29) is 12.4 Å². The molecule has 1 aliphatic heterocycles. The number of hydrogen-bond donors (Lipinski definition) is 3. The Morgan fingerprint density at radius 2 is 2.00 bits per heavy atom. The molecule has 0 aromatic rings. The lowest BCUT2D eigenvalue weighted by Gasteiger charge is -2.41. The summed E-state index contributed by atoms with van der Waals surface area (Å²) in [5.74, 6) is 0.762. The first-order chi connectivity index (χ1) is 7.16. The molecule has 0 bridgehead atoms. The second-order valence-corrected chi connectivity index (χ2v) is 5.01. The van der Waals surface area contributed by atoms with Gasteiger partial charge in [0.2, 0.25) is 0 Å². The van der Waals surface area contributed by atoms with Crippen LogP contribution in [0.5, 0.6) is 0 Å². The maximum Gasteiger partial charge on any atom is 0.104 e. The van der Waals surface area contributed by atoms with Gasteiger partial charge in [0.25, 0.3) is 0 Å². The van der Waals surface area contributed by atoms with Gasteiger partial charge in [-0.1, -0.05) is 12.8 Å². The highest BCUT2D eigenvalue weighted by molar-refractivity contribution is 4.89. The fourth-order valence-corrected chi connectivity index (χ4v) is 2.91. The molecule has 0 radical (unpaired) electrons. The molecule has 1 saturated carbocycles. The first-order valence-corrected chi connectivity index (χ1v) is 6.10. The Bertz CT molecular complexity index is 204. The monoisotopic (exact) mass is 213 g/mol. The molecule has 2 aliphatic rings. The van der Waals surface area contributed by atoms with Crippen LogP contribution >= 0.6 is 0 Å². The molecule has 2 fully saturated rings. The van der Waals surface area contributed by atoms with Crippen molar-refractivity contribution in [3.8, 4) is 0 Å². The van der Waals surface area contributed by atoms with Gasteiger partial charge < -0.3 is 10.8 Å². The van der Waals surface area contributed by atoms with Crippen LogP contribution in [-0.4, -0.2) is 41.5 Å². The molecular formula is C11H23N3O. The minimum atomic E-state index is -0.373. The molecule has 0 amide bonds. The predicted octanol–water partition coefficient (Wildman–Crippen LogP) is 0.0735. The molecule has 3 unspecified atom stereocenters. The van der Waals surface area contributed by atoms with Crippen molar-refractivity contribution >= 4 is 0 Å². The van der Waals surface area contributed by atoms with E-state index in [2.05, 4.69) is 10.2 Å². The fraction of sp³-hybridized carbons (Fsp3) is 1.00. The van der Waals surface area contributed by atoms with Crippen molar-refractivity contribution < 1.29 is 5.11 Å². The van der Waals surface area contributed by atoms with E-state index in [1.807, 2.05) is 6.92 Å². The number of rotatable bonds is 2. The Balaban J connectivity index is 1.93. The van der Waals surface area contributed by atoms with Gasteiger partial charge in [0, 0.05) is 19.1 Å². The zero-order chi connectivity index (χ0) is 10.8. The molecule has 4 nitrogen and oxygen atoms in total. The summed E-state index contributed by atoms with van der Waals surface area (Å²) in [4.78, 5) is 2.07. The lowest BCUT2D eigenvalue weighted by atomic mass is 9.95. The third kappa shape index (κ3) is 2.69. The molecule has 0 aromatic heterocycles. The molecular weight excluding hydrogens is 190 g/mol. The maximum absolute atomic E-state index is 9.60. The van der Waals surface area contributed by atoms with Gasteiger partial charge in [-0.15, -0.1) is 0 Å². The predicted molar refractivity (Wildman–Crippen MR) is 60.1 cm³/mol. The van der Waals surface area contributed by atoms with E-state index in [1.54, 1.807) is 0 Å². The molecule has 1 aliphatic carbocycles. The van der Waals surface area contributed by atoms with Gasteiger partial charge in [0.1, 0.15) is 6.23 Å². The highest BCUT2D eigenvalue weighted by Gasteiger charge is 2.32. The summed E-state index contributed by atoms with van der Waals surface area (Å²) in [7, 11) is 0.